The maximum Gasteiger partial charge on any atom is 0.355 e. The minimum atomic E-state index is -1.01. The molecule has 1 aromatic carbocycles. The van der Waals surface area contributed by atoms with Gasteiger partial charge in [0.1, 0.15) is 5.82 Å². The molecule has 4 aromatic rings. The molecule has 0 bridgehead atoms. The van der Waals surface area contributed by atoms with Gasteiger partial charge in [0.15, 0.2) is 11.5 Å². The van der Waals surface area contributed by atoms with E-state index < -0.39 is 17.4 Å². The number of benzene rings is 1. The highest BCUT2D eigenvalue weighted by Crippen LogP contribution is 2.37. The van der Waals surface area contributed by atoms with Crippen LogP contribution in [0.5, 0.6) is 0 Å². The first-order chi connectivity index (χ1) is 20.9. The molecule has 0 spiro atoms. The molecule has 4 heterocycles. The van der Waals surface area contributed by atoms with Gasteiger partial charge in [0.2, 0.25) is 0 Å². The Morgan fingerprint density at radius 2 is 1.91 bits per heavy atom. The van der Waals surface area contributed by atoms with Gasteiger partial charge in [-0.15, -0.1) is 0 Å². The van der Waals surface area contributed by atoms with Crippen LogP contribution < -0.4 is 10.6 Å². The Balaban J connectivity index is 1.81. The van der Waals surface area contributed by atoms with Crippen molar-refractivity contribution in [3.05, 3.63) is 92.7 Å². The van der Waals surface area contributed by atoms with Gasteiger partial charge in [-0.05, 0) is 43.0 Å². The highest BCUT2D eigenvalue weighted by molar-refractivity contribution is 6.50. The Labute approximate surface area is 263 Å². The Hall–Kier alpha value is -4.24. The van der Waals surface area contributed by atoms with Crippen molar-refractivity contribution in [2.45, 2.75) is 39.7 Å². The number of hydrogen-bond donors (Lipinski definition) is 0. The first kappa shape index (κ1) is 31.2. The van der Waals surface area contributed by atoms with Gasteiger partial charge >= 0.3 is 5.69 Å². The minimum Gasteiger partial charge on any atom is -0.350 e. The molecule has 1 fully saturated rings. The van der Waals surface area contributed by atoms with Crippen LogP contribution in [-0.4, -0.2) is 71.7 Å². The molecule has 12 heteroatoms. The summed E-state index contributed by atoms with van der Waals surface area (Å²) in [5.74, 6) is -1.40. The minimum absolute atomic E-state index is 0.00687. The first-order valence-corrected chi connectivity index (χ1v) is 14.6. The highest BCUT2D eigenvalue weighted by Gasteiger charge is 2.31. The normalized spacial score (nSPS) is 15.1. The van der Waals surface area contributed by atoms with E-state index in [0.717, 1.165) is 5.56 Å². The third kappa shape index (κ3) is 5.80. The zero-order valence-electron chi connectivity index (χ0n) is 25.0. The lowest BCUT2D eigenvalue weighted by molar-refractivity contribution is -0.129. The average molecular weight is 607 g/mol. The Morgan fingerprint density at radius 1 is 1.18 bits per heavy atom. The number of rotatable bonds is 6. The number of anilines is 1. The van der Waals surface area contributed by atoms with Crippen LogP contribution in [0.25, 0.3) is 34.1 Å². The molecule has 0 saturated carbocycles. The summed E-state index contributed by atoms with van der Waals surface area (Å²) >= 11 is 6.95. The van der Waals surface area contributed by atoms with Gasteiger partial charge in [-0.25, -0.2) is 18.7 Å². The number of aryl methyl sites for hydroxylation is 1. The van der Waals surface area contributed by atoms with Gasteiger partial charge in [0.05, 0.1) is 43.2 Å². The summed E-state index contributed by atoms with van der Waals surface area (Å²) in [6.07, 6.45) is 3.34. The van der Waals surface area contributed by atoms with Gasteiger partial charge in [-0.2, -0.15) is 10.4 Å². The van der Waals surface area contributed by atoms with E-state index in [1.165, 1.54) is 9.47 Å². The fraction of sp³-hybridized carbons (Fsp3) is 0.281. The fourth-order valence-electron chi connectivity index (χ4n) is 5.65. The molecular formula is C32H30B2ClFN6O2. The number of nitrogens with zero attached hydrogens (tertiary/aromatic N) is 6. The predicted octanol–water partition coefficient (Wildman–Crippen LogP) is 5.08. The molecule has 1 aliphatic heterocycles. The van der Waals surface area contributed by atoms with E-state index in [1.807, 2.05) is 62.9 Å². The summed E-state index contributed by atoms with van der Waals surface area (Å²) in [6.45, 7) is 11.7. The third-order valence-electron chi connectivity index (χ3n) is 7.68. The second-order valence-corrected chi connectivity index (χ2v) is 11.6. The second-order valence-electron chi connectivity index (χ2n) is 11.2. The van der Waals surface area contributed by atoms with Crippen LogP contribution in [0.4, 0.5) is 10.2 Å². The standard InChI is InChI=1S/C32H30B2ClFN6O2/c1-17(2)26-28(18(3)10-11-37-26)42-30-23(15-24(35)27(38-30)22-9-7-6-8-21(22)14-25(33)34)29(39-32(42)44)41-13-12-40(16-19(41)4)31(43)20(5)36/h6-11,14-15,17,19H,5,12-13,16H2,1-4H3/t19-/m0/s1. The van der Waals surface area contributed by atoms with Crippen LogP contribution >= 0.6 is 11.6 Å². The van der Waals surface area contributed by atoms with Gasteiger partial charge in [-0.1, -0.05) is 62.4 Å². The number of fused-ring (bicyclic) bond motifs is 1. The van der Waals surface area contributed by atoms with Crippen molar-refractivity contribution in [2.24, 2.45) is 0 Å². The molecule has 0 unspecified atom stereocenters. The third-order valence-corrected chi connectivity index (χ3v) is 7.97. The average Bonchev–Trinajstić information content (AvgIpc) is 2.96. The molecule has 1 aliphatic rings. The Morgan fingerprint density at radius 3 is 2.57 bits per heavy atom. The van der Waals surface area contributed by atoms with E-state index in [-0.39, 0.29) is 30.4 Å². The monoisotopic (exact) mass is 606 g/mol. The lowest BCUT2D eigenvalue weighted by atomic mass is 9.77. The maximum absolute atomic E-state index is 14.1. The molecule has 8 nitrogen and oxygen atoms in total. The van der Waals surface area contributed by atoms with E-state index in [0.29, 0.717) is 56.6 Å². The molecule has 1 saturated heterocycles. The Kier molecular flexibility index (Phi) is 8.79. The molecule has 220 valence electrons. The summed E-state index contributed by atoms with van der Waals surface area (Å²) < 4.78 is 15.1. The largest absolute Gasteiger partial charge is 0.355 e. The molecule has 0 N–H and O–H groups in total. The molecule has 0 aliphatic carbocycles. The number of aromatic nitrogens is 4. The summed E-state index contributed by atoms with van der Waals surface area (Å²) in [5, 5.41) is 0.974. The van der Waals surface area contributed by atoms with Crippen LogP contribution in [0.2, 0.25) is 5.02 Å². The molecule has 1 atom stereocenters. The van der Waals surface area contributed by atoms with Gasteiger partial charge in [0.25, 0.3) is 5.91 Å². The zero-order chi connectivity index (χ0) is 31.9. The van der Waals surface area contributed by atoms with Crippen molar-refractivity contribution >= 4 is 56.1 Å². The predicted molar refractivity (Wildman–Crippen MR) is 175 cm³/mol. The van der Waals surface area contributed by atoms with Crippen molar-refractivity contribution in [1.82, 2.24) is 24.4 Å². The number of halogens is 2. The summed E-state index contributed by atoms with van der Waals surface area (Å²) in [6, 6.07) is 10.7. The summed E-state index contributed by atoms with van der Waals surface area (Å²) in [7, 11) is 11.6. The topological polar surface area (TPSA) is 84.2 Å². The van der Waals surface area contributed by atoms with Crippen molar-refractivity contribution in [1.29, 1.82) is 0 Å². The number of hydrogen-bond acceptors (Lipinski definition) is 6. The number of piperazine rings is 1. The van der Waals surface area contributed by atoms with Crippen LogP contribution in [0.1, 0.15) is 43.5 Å². The van der Waals surface area contributed by atoms with Crippen molar-refractivity contribution < 1.29 is 9.18 Å². The van der Waals surface area contributed by atoms with Gasteiger partial charge < -0.3 is 9.80 Å². The lowest BCUT2D eigenvalue weighted by Crippen LogP contribution is -2.54. The maximum atomic E-state index is 14.1. The number of carbonyl (C=O) groups is 1. The van der Waals surface area contributed by atoms with Crippen molar-refractivity contribution in [3.8, 4) is 16.9 Å². The quantitative estimate of drug-likeness (QED) is 0.225. The molecule has 4 radical (unpaired) electrons. The summed E-state index contributed by atoms with van der Waals surface area (Å²) in [4.78, 5) is 43.9. The Bertz CT molecular complexity index is 1890. The van der Waals surface area contributed by atoms with E-state index >= 15 is 0 Å². The second kappa shape index (κ2) is 12.4. The smallest absolute Gasteiger partial charge is 0.350 e. The van der Waals surface area contributed by atoms with Crippen molar-refractivity contribution in [2.75, 3.05) is 24.5 Å². The highest BCUT2D eigenvalue weighted by atomic mass is 35.5. The number of amides is 1. The molecule has 1 amide bonds. The van der Waals surface area contributed by atoms with Crippen LogP contribution in [0, 0.1) is 6.92 Å². The van der Waals surface area contributed by atoms with Crippen LogP contribution in [0.3, 0.4) is 0 Å². The van der Waals surface area contributed by atoms with E-state index in [2.05, 4.69) is 16.5 Å². The zero-order valence-corrected chi connectivity index (χ0v) is 25.8. The van der Waals surface area contributed by atoms with E-state index in [4.69, 9.17) is 32.3 Å². The SMILES string of the molecule is [B]C([B])=Cc1ccccc1-c1nc2c(cc1Cl)c(N1CCN(C(=O)C(=C)F)C[C@@H]1C)nc(=O)n2-c1c(C)ccnc1C(C)C. The first-order valence-electron chi connectivity index (χ1n) is 14.2. The van der Waals surface area contributed by atoms with Crippen LogP contribution in [-0.2, 0) is 4.79 Å². The number of pyridine rings is 2. The molecular weight excluding hydrogens is 576 g/mol. The van der Waals surface area contributed by atoms with Gasteiger partial charge in [0, 0.05) is 37.4 Å². The fourth-order valence-corrected chi connectivity index (χ4v) is 5.90. The molecule has 5 rings (SSSR count). The van der Waals surface area contributed by atoms with Crippen LogP contribution in [0.15, 0.2) is 65.2 Å². The number of carbonyl (C=O) groups excluding carboxylic acids is 1. The summed E-state index contributed by atoms with van der Waals surface area (Å²) in [5.41, 5.74) is 3.72. The molecule has 44 heavy (non-hydrogen) atoms. The van der Waals surface area contributed by atoms with Gasteiger partial charge in [-0.3, -0.25) is 9.78 Å². The lowest BCUT2D eigenvalue weighted by Gasteiger charge is -2.40. The van der Waals surface area contributed by atoms with E-state index in [1.54, 1.807) is 18.3 Å². The molecule has 3 aromatic heterocycles. The van der Waals surface area contributed by atoms with Crippen molar-refractivity contribution in [3.63, 3.8) is 0 Å². The van der Waals surface area contributed by atoms with E-state index in [9.17, 15) is 14.0 Å².